The van der Waals surface area contributed by atoms with Crippen LogP contribution >= 0.6 is 0 Å². The Morgan fingerprint density at radius 2 is 2.13 bits per heavy atom. The Balaban J connectivity index is 1.79. The molecule has 2 aromatic rings. The van der Waals surface area contributed by atoms with Crippen molar-refractivity contribution in [3.05, 3.63) is 36.0 Å². The summed E-state index contributed by atoms with van der Waals surface area (Å²) in [4.78, 5) is 33.0. The molecule has 1 saturated carbocycles. The van der Waals surface area contributed by atoms with Crippen LogP contribution in [-0.4, -0.2) is 60.6 Å². The maximum atomic E-state index is 14.5. The molecular formula is C20H26FN5O4. The number of hydrogen-bond acceptors (Lipinski definition) is 8. The van der Waals surface area contributed by atoms with Gasteiger partial charge in [0.25, 0.3) is 0 Å². The minimum absolute atomic E-state index is 0.00611. The van der Waals surface area contributed by atoms with Gasteiger partial charge in [-0.05, 0) is 39.2 Å². The Morgan fingerprint density at radius 3 is 2.77 bits per heavy atom. The number of nitrogens with zero attached hydrogens (tertiary/aromatic N) is 4. The third-order valence-electron chi connectivity index (χ3n) is 4.96. The van der Waals surface area contributed by atoms with Gasteiger partial charge in [-0.2, -0.15) is 9.78 Å². The largest absolute Gasteiger partial charge is 0.442 e. The van der Waals surface area contributed by atoms with Crippen LogP contribution in [-0.2, 0) is 4.74 Å². The highest BCUT2D eigenvalue weighted by atomic mass is 19.1. The molecule has 2 N–H and O–H groups in total. The van der Waals surface area contributed by atoms with E-state index in [0.29, 0.717) is 12.8 Å². The second kappa shape index (κ2) is 8.47. The van der Waals surface area contributed by atoms with Crippen LogP contribution in [0.2, 0.25) is 0 Å². The van der Waals surface area contributed by atoms with Crippen LogP contribution in [0.25, 0.3) is 0 Å². The second-order valence-electron chi connectivity index (χ2n) is 8.33. The van der Waals surface area contributed by atoms with Crippen molar-refractivity contribution in [2.24, 2.45) is 5.92 Å². The van der Waals surface area contributed by atoms with E-state index in [4.69, 9.17) is 4.74 Å². The van der Waals surface area contributed by atoms with E-state index in [1.165, 1.54) is 24.8 Å². The van der Waals surface area contributed by atoms with Crippen molar-refractivity contribution in [3.63, 3.8) is 0 Å². The summed E-state index contributed by atoms with van der Waals surface area (Å²) in [6, 6.07) is 0.707. The predicted octanol–water partition coefficient (Wildman–Crippen LogP) is 2.60. The summed E-state index contributed by atoms with van der Waals surface area (Å²) in [5.41, 5.74) is -0.621. The predicted molar refractivity (Wildman–Crippen MR) is 106 cm³/mol. The molecule has 0 aliphatic heterocycles. The normalized spacial score (nSPS) is 23.9. The maximum absolute atomic E-state index is 14.5. The van der Waals surface area contributed by atoms with Crippen LogP contribution in [0.1, 0.15) is 56.6 Å². The van der Waals surface area contributed by atoms with E-state index in [1.807, 2.05) is 6.92 Å². The number of carbonyl (C=O) groups is 2. The van der Waals surface area contributed by atoms with Crippen LogP contribution < -0.4 is 5.32 Å². The molecule has 1 aliphatic carbocycles. The van der Waals surface area contributed by atoms with Gasteiger partial charge in [-0.25, -0.2) is 19.2 Å². The molecule has 0 saturated heterocycles. The molecule has 162 valence electrons. The summed E-state index contributed by atoms with van der Waals surface area (Å²) in [6.45, 7) is 7.06. The molecule has 1 fully saturated rings. The molecule has 0 spiro atoms. The lowest BCUT2D eigenvalue weighted by Crippen LogP contribution is -2.32. The summed E-state index contributed by atoms with van der Waals surface area (Å²) in [7, 11) is 0. The topological polar surface area (TPSA) is 119 Å². The molecule has 0 radical (unpaired) electrons. The molecule has 0 bridgehead atoms. The van der Waals surface area contributed by atoms with Crippen molar-refractivity contribution >= 4 is 17.7 Å². The number of halogens is 1. The average molecular weight is 419 g/mol. The van der Waals surface area contributed by atoms with E-state index in [0.717, 1.165) is 4.68 Å². The Labute approximate surface area is 173 Å². The van der Waals surface area contributed by atoms with E-state index >= 15 is 0 Å². The van der Waals surface area contributed by atoms with Gasteiger partial charge >= 0.3 is 6.09 Å². The summed E-state index contributed by atoms with van der Waals surface area (Å²) in [5, 5.41) is 16.9. The number of nitrogens with one attached hydrogen (secondary N) is 1. The van der Waals surface area contributed by atoms with Crippen molar-refractivity contribution in [2.45, 2.75) is 64.5 Å². The fraction of sp³-hybridized carbons (Fsp3) is 0.550. The monoisotopic (exact) mass is 419 g/mol. The molecule has 10 heteroatoms. The molecule has 2 heterocycles. The lowest BCUT2D eigenvalue weighted by atomic mass is 10.0. The third-order valence-corrected chi connectivity index (χ3v) is 4.96. The lowest BCUT2D eigenvalue weighted by Gasteiger charge is -2.18. The Kier molecular flexibility index (Phi) is 6.16. The first-order valence-corrected chi connectivity index (χ1v) is 9.83. The van der Waals surface area contributed by atoms with Gasteiger partial charge < -0.3 is 15.2 Å². The van der Waals surface area contributed by atoms with Gasteiger partial charge in [-0.3, -0.25) is 4.79 Å². The van der Waals surface area contributed by atoms with Crippen LogP contribution in [0, 0.1) is 5.92 Å². The van der Waals surface area contributed by atoms with Crippen molar-refractivity contribution in [1.29, 1.82) is 0 Å². The van der Waals surface area contributed by atoms with Crippen LogP contribution in [0.5, 0.6) is 0 Å². The first kappa shape index (κ1) is 21.8. The highest BCUT2D eigenvalue weighted by molar-refractivity contribution is 6.10. The van der Waals surface area contributed by atoms with E-state index in [2.05, 4.69) is 20.4 Å². The van der Waals surface area contributed by atoms with E-state index < -0.39 is 35.8 Å². The first-order valence-electron chi connectivity index (χ1n) is 9.83. The standard InChI is InChI=1S/C20H26FN5O4/c1-5-11-8-14(15(21)16(11)27)24-18-12(9-22-10-23-18)17(28)13-6-7-26(25-13)19(29)30-20(2,3)4/h6-7,9-11,14-16,27H,5,8H2,1-4H3,(H,22,23,24)/t11-,14+,15+,16+/m0/s1. The molecule has 0 amide bonds. The van der Waals surface area contributed by atoms with Gasteiger partial charge in [0.2, 0.25) is 5.78 Å². The zero-order chi connectivity index (χ0) is 22.1. The number of ketones is 1. The zero-order valence-corrected chi connectivity index (χ0v) is 17.4. The number of rotatable bonds is 5. The van der Waals surface area contributed by atoms with Crippen LogP contribution in [0.3, 0.4) is 0 Å². The maximum Gasteiger partial charge on any atom is 0.435 e. The van der Waals surface area contributed by atoms with E-state index in [-0.39, 0.29) is 23.0 Å². The smallest absolute Gasteiger partial charge is 0.435 e. The SMILES string of the molecule is CC[C@H]1C[C@@H](Nc2ncncc2C(=O)c2ccn(C(=O)OC(C)(C)C)n2)[C@@H](F)[C@@H]1O. The number of ether oxygens (including phenoxy) is 1. The molecule has 1 aliphatic rings. The summed E-state index contributed by atoms with van der Waals surface area (Å²) < 4.78 is 20.6. The van der Waals surface area contributed by atoms with Gasteiger partial charge in [0.15, 0.2) is 0 Å². The van der Waals surface area contributed by atoms with Gasteiger partial charge in [-0.1, -0.05) is 13.3 Å². The first-order chi connectivity index (χ1) is 14.1. The number of alkyl halides is 1. The molecule has 30 heavy (non-hydrogen) atoms. The number of hydrogen-bond donors (Lipinski definition) is 2. The minimum atomic E-state index is -1.47. The van der Waals surface area contributed by atoms with Crippen molar-refractivity contribution < 1.29 is 23.8 Å². The zero-order valence-electron chi connectivity index (χ0n) is 17.4. The Morgan fingerprint density at radius 1 is 1.40 bits per heavy atom. The second-order valence-corrected chi connectivity index (χ2v) is 8.33. The fourth-order valence-electron chi connectivity index (χ4n) is 3.42. The molecular weight excluding hydrogens is 393 g/mol. The average Bonchev–Trinajstić information content (AvgIpc) is 3.28. The molecule has 0 aromatic carbocycles. The quantitative estimate of drug-likeness (QED) is 0.710. The summed E-state index contributed by atoms with van der Waals surface area (Å²) in [6.07, 6.45) is 1.71. The van der Waals surface area contributed by atoms with Crippen LogP contribution in [0.15, 0.2) is 24.8 Å². The number of aliphatic hydroxyl groups excluding tert-OH is 1. The highest BCUT2D eigenvalue weighted by Crippen LogP contribution is 2.33. The lowest BCUT2D eigenvalue weighted by molar-refractivity contribution is 0.0514. The fourth-order valence-corrected chi connectivity index (χ4v) is 3.42. The molecule has 2 aromatic heterocycles. The summed E-state index contributed by atoms with van der Waals surface area (Å²) >= 11 is 0. The molecule has 3 rings (SSSR count). The number of anilines is 1. The van der Waals surface area contributed by atoms with Crippen molar-refractivity contribution in [3.8, 4) is 0 Å². The number of aliphatic hydroxyl groups is 1. The molecule has 9 nitrogen and oxygen atoms in total. The van der Waals surface area contributed by atoms with Gasteiger partial charge in [0, 0.05) is 12.4 Å². The molecule has 4 atom stereocenters. The van der Waals surface area contributed by atoms with Crippen LogP contribution in [0.4, 0.5) is 15.0 Å². The Hall–Kier alpha value is -2.88. The van der Waals surface area contributed by atoms with E-state index in [9.17, 15) is 19.1 Å². The third kappa shape index (κ3) is 4.64. The number of carbonyl (C=O) groups excluding carboxylic acids is 2. The number of aromatic nitrogens is 4. The van der Waals surface area contributed by atoms with Crippen molar-refractivity contribution in [2.75, 3.05) is 5.32 Å². The highest BCUT2D eigenvalue weighted by Gasteiger charge is 2.42. The minimum Gasteiger partial charge on any atom is -0.442 e. The van der Waals surface area contributed by atoms with Gasteiger partial charge in [-0.15, -0.1) is 0 Å². The van der Waals surface area contributed by atoms with Gasteiger partial charge in [0.1, 0.15) is 29.6 Å². The van der Waals surface area contributed by atoms with Crippen molar-refractivity contribution in [1.82, 2.24) is 19.7 Å². The summed E-state index contributed by atoms with van der Waals surface area (Å²) in [5.74, 6) is -0.539. The Bertz CT molecular complexity index is 926. The van der Waals surface area contributed by atoms with E-state index in [1.54, 1.807) is 20.8 Å². The van der Waals surface area contributed by atoms with Gasteiger partial charge in [0.05, 0.1) is 17.7 Å². The molecule has 0 unspecified atom stereocenters.